The molecule has 7 nitrogen and oxygen atoms in total. The number of aliphatic hydroxyl groups is 2. The number of benzene rings is 2. The van der Waals surface area contributed by atoms with E-state index in [4.69, 9.17) is 9.57 Å². The smallest absolute Gasteiger partial charge is 1.00 e. The van der Waals surface area contributed by atoms with E-state index in [1.54, 1.807) is 37.7 Å². The number of Topliss-reactive ketones (excluding diaryl/α,β-unsaturated/α-hetero) is 1. The molecule has 1 amide bonds. The van der Waals surface area contributed by atoms with Crippen LogP contribution in [0.2, 0.25) is 0 Å². The summed E-state index contributed by atoms with van der Waals surface area (Å²) in [5, 5.41) is 22.6. The Hall–Kier alpha value is -0.634. The molecule has 8 saturated carbocycles. The molecule has 2 aromatic carbocycles. The third-order valence-corrected chi connectivity index (χ3v) is 22.3. The van der Waals surface area contributed by atoms with Crippen LogP contribution in [0.3, 0.4) is 0 Å². The predicted molar refractivity (Wildman–Crippen MR) is 313 cm³/mol. The molecule has 1 heterocycles. The molecule has 8 aliphatic carbocycles. The van der Waals surface area contributed by atoms with Gasteiger partial charge in [-0.2, -0.15) is 42.1 Å². The summed E-state index contributed by atoms with van der Waals surface area (Å²) < 4.78 is 4.94. The van der Waals surface area contributed by atoms with Crippen molar-refractivity contribution >= 4 is 75.2 Å². The van der Waals surface area contributed by atoms with Crippen LogP contribution in [0.15, 0.2) is 58.3 Å². The van der Waals surface area contributed by atoms with E-state index in [1.165, 1.54) is 105 Å². The van der Waals surface area contributed by atoms with E-state index in [0.717, 1.165) is 111 Å². The zero-order chi connectivity index (χ0) is 49.1. The van der Waals surface area contributed by atoms with Crippen LogP contribution in [0.4, 0.5) is 0 Å². The maximum Gasteiger partial charge on any atom is 2.00 e. The minimum Gasteiger partial charge on any atom is -1.00 e. The van der Waals surface area contributed by atoms with Gasteiger partial charge in [0, 0.05) is 42.6 Å². The molecule has 0 radical (unpaired) electrons. The quantitative estimate of drug-likeness (QED) is 0.0971. The van der Waals surface area contributed by atoms with Gasteiger partial charge in [-0.05, 0) is 237 Å². The van der Waals surface area contributed by atoms with E-state index in [-0.39, 0.29) is 84.9 Å². The zero-order valence-corrected chi connectivity index (χ0v) is 49.8. The van der Waals surface area contributed by atoms with Gasteiger partial charge in [-0.15, -0.1) is 33.6 Å². The summed E-state index contributed by atoms with van der Waals surface area (Å²) in [6.07, 6.45) is 27.8. The first kappa shape index (κ1) is 64.9. The van der Waals surface area contributed by atoms with Crippen molar-refractivity contribution < 1.29 is 30.8 Å². The largest absolute Gasteiger partial charge is 2.00 e. The van der Waals surface area contributed by atoms with E-state index in [0.29, 0.717) is 11.7 Å². The fraction of sp³-hybridized carbons (Fsp3) is 0.774. The number of hydrogen-bond acceptors (Lipinski definition) is 8. The maximum absolute atomic E-state index is 13.5. The van der Waals surface area contributed by atoms with Crippen LogP contribution in [-0.4, -0.2) is 101 Å². The number of hydrogen-bond donors (Lipinski definition) is 2. The molecule has 2 aromatic rings. The average molecular weight is 1120 g/mol. The van der Waals surface area contributed by atoms with Crippen molar-refractivity contribution in [1.29, 1.82) is 0 Å². The van der Waals surface area contributed by atoms with Gasteiger partial charge in [0.1, 0.15) is 0 Å². The van der Waals surface area contributed by atoms with Gasteiger partial charge in [-0.25, -0.2) is 5.06 Å². The van der Waals surface area contributed by atoms with Crippen LogP contribution in [0.25, 0.3) is 0 Å². The fourth-order valence-electron chi connectivity index (χ4n) is 17.3. The van der Waals surface area contributed by atoms with Crippen molar-refractivity contribution in [3.63, 3.8) is 0 Å². The monoisotopic (exact) mass is 1120 g/mol. The summed E-state index contributed by atoms with van der Waals surface area (Å²) in [4.78, 5) is 34.1. The second kappa shape index (κ2) is 28.0. The fourth-order valence-corrected chi connectivity index (χ4v) is 18.1. The average Bonchev–Trinajstić information content (AvgIpc) is 4.14. The molecule has 410 valence electrons. The Kier molecular flexibility index (Phi) is 24.9. The maximum atomic E-state index is 13.5. The standard InChI is InChI=1S/C27H38O2S.C22H37NO3.C7H7S.C4H8O.2CH4.BrH.Mg.H/c1-26(29)14-12-20-18(16-26)6-9-22-21(20)13-15-27(2)23(22)10-11-24(27)25(28)17-4-7-19(30-3)8-5-17;1-21(25)11-9-15-14(13-21)5-6-17-16(15)10-12-22(2)18(17)7-8-19(22)20(24)23(3)26-4;1-8-7-5-3-2-4-6-7;1-2-4-5-3-1;;;;;/h4-5,7-8,18,20-24,29H,6,9-16H2,1-3H3;14-19,25H,5-13H2,1-4H3;3-6H,1H3;1-4H2;2*1H4;1H;;/q;;-1;;;;;+2;-1/t18-,20+,21-,22-,23+,24-,26-,27+;14-,15+,16-,17-,18+,19-,21-,22+;;;;;;;/m11......./s1. The first-order valence-electron chi connectivity index (χ1n) is 27.5. The minimum absolute atomic E-state index is 0. The number of carbonyl (C=O) groups is 2. The normalized spacial score (nSPS) is 39.3. The molecule has 9 fully saturated rings. The Morgan fingerprint density at radius 1 is 0.630 bits per heavy atom. The van der Waals surface area contributed by atoms with Gasteiger partial charge in [-0.3, -0.25) is 14.4 Å². The molecule has 16 atom stereocenters. The number of rotatable bonds is 6. The Labute approximate surface area is 481 Å². The minimum atomic E-state index is -0.438. The van der Waals surface area contributed by atoms with E-state index >= 15 is 0 Å². The molecule has 0 bridgehead atoms. The molecule has 11 heteroatoms. The number of thioether (sulfide) groups is 2. The summed E-state index contributed by atoms with van der Waals surface area (Å²) in [6.45, 7) is 10.9. The molecular formula is C62H100BrMgNO6S2. The summed E-state index contributed by atoms with van der Waals surface area (Å²) in [7, 11) is 3.34. The second-order valence-corrected chi connectivity index (χ2v) is 26.3. The summed E-state index contributed by atoms with van der Waals surface area (Å²) in [6, 6.07) is 19.2. The first-order chi connectivity index (χ1) is 33.0. The number of fused-ring (bicyclic) bond motifs is 10. The third-order valence-electron chi connectivity index (χ3n) is 20.8. The summed E-state index contributed by atoms with van der Waals surface area (Å²) in [5.74, 6) is 8.69. The number of amides is 1. The van der Waals surface area contributed by atoms with E-state index in [1.807, 2.05) is 38.1 Å². The number of ether oxygens (including phenoxy) is 1. The van der Waals surface area contributed by atoms with Crippen molar-refractivity contribution in [3.8, 4) is 0 Å². The van der Waals surface area contributed by atoms with Crippen molar-refractivity contribution in [1.82, 2.24) is 5.06 Å². The van der Waals surface area contributed by atoms with Gasteiger partial charge in [0.25, 0.3) is 0 Å². The van der Waals surface area contributed by atoms with Gasteiger partial charge < -0.3 is 16.4 Å². The zero-order valence-electron chi connectivity index (χ0n) is 46.0. The number of ketones is 1. The third kappa shape index (κ3) is 14.4. The summed E-state index contributed by atoms with van der Waals surface area (Å²) in [5.41, 5.74) is 0.377. The molecule has 2 N–H and O–H groups in total. The van der Waals surface area contributed by atoms with Crippen molar-refractivity contribution in [3.05, 3.63) is 60.2 Å². The topological polar surface area (TPSA) is 96.3 Å². The summed E-state index contributed by atoms with van der Waals surface area (Å²) >= 11 is 3.48. The van der Waals surface area contributed by atoms with Gasteiger partial charge in [0.2, 0.25) is 5.91 Å². The van der Waals surface area contributed by atoms with Crippen molar-refractivity contribution in [2.24, 2.45) is 81.8 Å². The van der Waals surface area contributed by atoms with Crippen LogP contribution in [-0.2, 0) is 14.4 Å². The predicted octanol–water partition coefficient (Wildman–Crippen LogP) is 15.2. The van der Waals surface area contributed by atoms with Crippen molar-refractivity contribution in [2.75, 3.05) is 39.9 Å². The second-order valence-electron chi connectivity index (χ2n) is 24.6. The molecule has 9 aliphatic rings. The van der Waals surface area contributed by atoms with Crippen LogP contribution >= 0.6 is 40.5 Å². The molecule has 0 unspecified atom stereocenters. The Morgan fingerprint density at radius 3 is 1.49 bits per heavy atom. The number of hydroxylamine groups is 2. The molecule has 0 aromatic heterocycles. The van der Waals surface area contributed by atoms with Crippen LogP contribution in [0.1, 0.15) is 183 Å². The number of nitrogens with zero attached hydrogens (tertiary/aromatic N) is 1. The number of halogens is 1. The van der Waals surface area contributed by atoms with Gasteiger partial charge in [0.05, 0.1) is 18.3 Å². The van der Waals surface area contributed by atoms with E-state index in [9.17, 15) is 19.8 Å². The molecule has 1 aliphatic heterocycles. The first-order valence-corrected chi connectivity index (χ1v) is 30.0. The van der Waals surface area contributed by atoms with E-state index in [2.05, 4.69) is 56.7 Å². The molecular weight excluding hydrogens is 1020 g/mol. The Morgan fingerprint density at radius 2 is 1.07 bits per heavy atom. The SMILES string of the molecule is Br.C.C.C1CCOC1.CON(C)C(=O)[C@H]1CC[C@H]2[C@@H]3CC[C@@H]4C[C@](C)(O)CC[C@@H]4[C@H]3CC[C@]12C.CSc1cc[c-]cc1.CSc1ccc(C(=O)[C@H]2CC[C@H]3[C@@H]4CC[C@@H]5C[C@](C)(O)CC[C@@H]5[C@H]4CC[C@]23C)cc1.[H-].[Mg+2]. The number of carbonyl (C=O) groups excluding carboxylic acids is 2. The van der Waals surface area contributed by atoms with E-state index < -0.39 is 11.2 Å². The van der Waals surface area contributed by atoms with Gasteiger partial charge >= 0.3 is 23.1 Å². The molecule has 1 saturated heterocycles. The van der Waals surface area contributed by atoms with Gasteiger partial charge in [-0.1, -0.05) is 40.8 Å². The molecule has 73 heavy (non-hydrogen) atoms. The van der Waals surface area contributed by atoms with Crippen LogP contribution in [0, 0.1) is 87.9 Å². The van der Waals surface area contributed by atoms with Gasteiger partial charge in [0.15, 0.2) is 5.78 Å². The molecule has 0 spiro atoms. The Bertz CT molecular complexity index is 2010. The van der Waals surface area contributed by atoms with Crippen LogP contribution in [0.5, 0.6) is 0 Å². The Balaban J connectivity index is 0.000000298. The van der Waals surface area contributed by atoms with Crippen LogP contribution < -0.4 is 0 Å². The molecule has 11 rings (SSSR count). The van der Waals surface area contributed by atoms with Crippen molar-refractivity contribution in [2.45, 2.75) is 192 Å².